The number of hydrogen-bond donors (Lipinski definition) is 0. The van der Waals surface area contributed by atoms with E-state index in [1.807, 2.05) is 6.08 Å². The van der Waals surface area contributed by atoms with Crippen LogP contribution in [0.2, 0.25) is 0 Å². The lowest BCUT2D eigenvalue weighted by molar-refractivity contribution is 0.276. The number of nitrogens with zero attached hydrogens (tertiary/aromatic N) is 1. The first-order chi connectivity index (χ1) is 9.71. The van der Waals surface area contributed by atoms with Gasteiger partial charge in [-0.05, 0) is 56.4 Å². The lowest BCUT2D eigenvalue weighted by Gasteiger charge is -2.32. The van der Waals surface area contributed by atoms with E-state index in [-0.39, 0.29) is 0 Å². The van der Waals surface area contributed by atoms with Gasteiger partial charge in [-0.1, -0.05) is 43.0 Å². The van der Waals surface area contributed by atoms with Crippen LogP contribution in [0.15, 0.2) is 60.3 Å². The molecular formula is C19H25N. The first kappa shape index (κ1) is 14.6. The highest BCUT2D eigenvalue weighted by atomic mass is 15.2. The first-order valence-corrected chi connectivity index (χ1v) is 7.50. The Balaban J connectivity index is 2.26. The SMILES string of the molecule is C=C/C=C(\C(C)=C/C)N(CC)C1Cc2ccccc2C1. The third-order valence-electron chi connectivity index (χ3n) is 4.23. The van der Waals surface area contributed by atoms with E-state index in [2.05, 4.69) is 68.7 Å². The lowest BCUT2D eigenvalue weighted by Crippen LogP contribution is -2.35. The van der Waals surface area contributed by atoms with Crippen LogP contribution in [-0.4, -0.2) is 17.5 Å². The summed E-state index contributed by atoms with van der Waals surface area (Å²) in [5.41, 5.74) is 5.64. The van der Waals surface area contributed by atoms with Gasteiger partial charge in [0.25, 0.3) is 0 Å². The second-order valence-corrected chi connectivity index (χ2v) is 5.38. The minimum atomic E-state index is 0.568. The molecule has 106 valence electrons. The monoisotopic (exact) mass is 267 g/mol. The molecule has 0 heterocycles. The maximum Gasteiger partial charge on any atom is 0.0395 e. The number of rotatable bonds is 5. The third kappa shape index (κ3) is 2.87. The van der Waals surface area contributed by atoms with Gasteiger partial charge in [-0.25, -0.2) is 0 Å². The zero-order valence-corrected chi connectivity index (χ0v) is 12.9. The predicted molar refractivity (Wildman–Crippen MR) is 87.7 cm³/mol. The van der Waals surface area contributed by atoms with E-state index in [0.29, 0.717) is 6.04 Å². The Labute approximate surface area is 123 Å². The van der Waals surface area contributed by atoms with E-state index in [0.717, 1.165) is 19.4 Å². The Morgan fingerprint density at radius 3 is 2.35 bits per heavy atom. The first-order valence-electron chi connectivity index (χ1n) is 7.50. The minimum Gasteiger partial charge on any atom is -0.368 e. The third-order valence-corrected chi connectivity index (χ3v) is 4.23. The average molecular weight is 267 g/mol. The lowest BCUT2D eigenvalue weighted by atomic mass is 10.1. The van der Waals surface area contributed by atoms with Crippen molar-refractivity contribution in [3.63, 3.8) is 0 Å². The van der Waals surface area contributed by atoms with Gasteiger partial charge in [0.15, 0.2) is 0 Å². The van der Waals surface area contributed by atoms with Gasteiger partial charge in [0.2, 0.25) is 0 Å². The summed E-state index contributed by atoms with van der Waals surface area (Å²) in [7, 11) is 0. The summed E-state index contributed by atoms with van der Waals surface area (Å²) < 4.78 is 0. The molecule has 0 saturated heterocycles. The Morgan fingerprint density at radius 1 is 1.30 bits per heavy atom. The Kier molecular flexibility index (Phi) is 4.84. The van der Waals surface area contributed by atoms with Crippen LogP contribution in [0.4, 0.5) is 0 Å². The second-order valence-electron chi connectivity index (χ2n) is 5.38. The number of hydrogen-bond acceptors (Lipinski definition) is 1. The molecule has 0 N–H and O–H groups in total. The van der Waals surface area contributed by atoms with Crippen LogP contribution in [0.25, 0.3) is 0 Å². The van der Waals surface area contributed by atoms with Crippen molar-refractivity contribution < 1.29 is 0 Å². The van der Waals surface area contributed by atoms with E-state index in [9.17, 15) is 0 Å². The minimum absolute atomic E-state index is 0.568. The molecule has 0 atom stereocenters. The van der Waals surface area contributed by atoms with Gasteiger partial charge in [-0.15, -0.1) is 0 Å². The van der Waals surface area contributed by atoms with Gasteiger partial charge in [-0.2, -0.15) is 0 Å². The molecule has 1 aromatic carbocycles. The molecule has 0 aromatic heterocycles. The highest BCUT2D eigenvalue weighted by Gasteiger charge is 2.27. The van der Waals surface area contributed by atoms with E-state index in [1.165, 1.54) is 22.4 Å². The van der Waals surface area contributed by atoms with Crippen LogP contribution in [0, 0.1) is 0 Å². The van der Waals surface area contributed by atoms with E-state index < -0.39 is 0 Å². The van der Waals surface area contributed by atoms with Crippen LogP contribution in [0.1, 0.15) is 31.9 Å². The van der Waals surface area contributed by atoms with Crippen molar-refractivity contribution in [1.82, 2.24) is 4.90 Å². The second kappa shape index (κ2) is 6.60. The molecule has 1 aromatic rings. The molecule has 1 aliphatic rings. The fraction of sp³-hybridized carbons (Fsp3) is 0.368. The van der Waals surface area contributed by atoms with E-state index in [1.54, 1.807) is 0 Å². The number of allylic oxidation sites excluding steroid dienone is 4. The molecule has 20 heavy (non-hydrogen) atoms. The highest BCUT2D eigenvalue weighted by molar-refractivity contribution is 5.36. The number of benzene rings is 1. The van der Waals surface area contributed by atoms with Crippen molar-refractivity contribution in [1.29, 1.82) is 0 Å². The Morgan fingerprint density at radius 2 is 1.90 bits per heavy atom. The molecule has 0 spiro atoms. The number of likely N-dealkylation sites (N-methyl/N-ethyl adjacent to an activating group) is 1. The summed E-state index contributed by atoms with van der Waals surface area (Å²) in [6, 6.07) is 9.40. The molecule has 0 unspecified atom stereocenters. The van der Waals surface area contributed by atoms with Crippen molar-refractivity contribution in [2.45, 2.75) is 39.7 Å². The van der Waals surface area contributed by atoms with Crippen LogP contribution >= 0.6 is 0 Å². The van der Waals surface area contributed by atoms with Gasteiger partial charge >= 0.3 is 0 Å². The topological polar surface area (TPSA) is 3.24 Å². The molecule has 0 bridgehead atoms. The molecule has 0 aliphatic heterocycles. The standard InChI is InChI=1S/C19H25N/c1-5-10-19(15(4)6-2)20(7-3)18-13-16-11-8-9-12-17(16)14-18/h5-6,8-12,18H,1,7,13-14H2,2-4H3/b15-6-,19-10+. The summed E-state index contributed by atoms with van der Waals surface area (Å²) in [5.74, 6) is 0. The number of fused-ring (bicyclic) bond motifs is 1. The molecule has 1 aliphatic carbocycles. The molecule has 1 heteroatoms. The summed E-state index contributed by atoms with van der Waals surface area (Å²) >= 11 is 0. The van der Waals surface area contributed by atoms with Crippen molar-refractivity contribution >= 4 is 0 Å². The summed E-state index contributed by atoms with van der Waals surface area (Å²) in [6.45, 7) is 11.4. The zero-order valence-electron chi connectivity index (χ0n) is 12.9. The van der Waals surface area contributed by atoms with Crippen molar-refractivity contribution in [2.75, 3.05) is 6.54 Å². The van der Waals surface area contributed by atoms with E-state index in [4.69, 9.17) is 0 Å². The van der Waals surface area contributed by atoms with Gasteiger partial charge in [0, 0.05) is 18.3 Å². The van der Waals surface area contributed by atoms with Gasteiger partial charge in [0.05, 0.1) is 0 Å². The predicted octanol–water partition coefficient (Wildman–Crippen LogP) is 4.51. The Bertz CT molecular complexity index is 511. The molecule has 0 radical (unpaired) electrons. The maximum atomic E-state index is 3.87. The molecule has 2 rings (SSSR count). The van der Waals surface area contributed by atoms with Gasteiger partial charge in [-0.3, -0.25) is 0 Å². The fourth-order valence-corrected chi connectivity index (χ4v) is 3.09. The average Bonchev–Trinajstić information content (AvgIpc) is 2.89. The molecule has 1 nitrogen and oxygen atoms in total. The molecular weight excluding hydrogens is 242 g/mol. The highest BCUT2D eigenvalue weighted by Crippen LogP contribution is 2.29. The van der Waals surface area contributed by atoms with Crippen molar-refractivity contribution in [3.05, 3.63) is 71.5 Å². The summed E-state index contributed by atoms with van der Waals surface area (Å²) in [4.78, 5) is 2.52. The van der Waals surface area contributed by atoms with Gasteiger partial charge < -0.3 is 4.90 Å². The molecule has 0 saturated carbocycles. The van der Waals surface area contributed by atoms with Gasteiger partial charge in [0.1, 0.15) is 0 Å². The van der Waals surface area contributed by atoms with Crippen molar-refractivity contribution in [2.24, 2.45) is 0 Å². The Hall–Kier alpha value is -1.76. The fourth-order valence-electron chi connectivity index (χ4n) is 3.09. The van der Waals surface area contributed by atoms with E-state index >= 15 is 0 Å². The zero-order chi connectivity index (χ0) is 14.5. The van der Waals surface area contributed by atoms with Crippen LogP contribution in [0.5, 0.6) is 0 Å². The smallest absolute Gasteiger partial charge is 0.0395 e. The maximum absolute atomic E-state index is 3.87. The molecule has 0 fully saturated rings. The van der Waals surface area contributed by atoms with Crippen molar-refractivity contribution in [3.8, 4) is 0 Å². The van der Waals surface area contributed by atoms with Crippen LogP contribution in [-0.2, 0) is 12.8 Å². The van der Waals surface area contributed by atoms with Crippen LogP contribution in [0.3, 0.4) is 0 Å². The quantitative estimate of drug-likeness (QED) is 0.709. The summed E-state index contributed by atoms with van der Waals surface area (Å²) in [6.07, 6.45) is 8.51. The largest absolute Gasteiger partial charge is 0.368 e. The normalized spacial score (nSPS) is 16.1. The molecule has 0 amide bonds. The summed E-state index contributed by atoms with van der Waals surface area (Å²) in [5, 5.41) is 0. The van der Waals surface area contributed by atoms with Crippen LogP contribution < -0.4 is 0 Å².